The van der Waals surface area contributed by atoms with Gasteiger partial charge in [-0.25, -0.2) is 8.78 Å². The third-order valence-electron chi connectivity index (χ3n) is 1.76. The molecule has 1 rings (SSSR count). The van der Waals surface area contributed by atoms with Crippen LogP contribution in [-0.4, -0.2) is 23.4 Å². The Morgan fingerprint density at radius 3 is 2.56 bits per heavy atom. The van der Waals surface area contributed by atoms with Crippen LogP contribution >= 0.6 is 11.6 Å². The molecule has 0 radical (unpaired) electrons. The van der Waals surface area contributed by atoms with Crippen molar-refractivity contribution in [3.63, 3.8) is 0 Å². The third kappa shape index (κ3) is 2.38. The van der Waals surface area contributed by atoms with Gasteiger partial charge in [0.15, 0.2) is 17.4 Å². The van der Waals surface area contributed by atoms with Gasteiger partial charge in [-0.05, 0) is 6.07 Å². The lowest BCUT2D eigenvalue weighted by Gasteiger charge is -2.06. The number of phenols is 1. The molecule has 0 heterocycles. The molecule has 1 aromatic carbocycles. The smallest absolute Gasteiger partial charge is 0.254 e. The van der Waals surface area contributed by atoms with Crippen LogP contribution in [0.15, 0.2) is 6.07 Å². The third-order valence-corrected chi connectivity index (χ3v) is 1.95. The van der Waals surface area contributed by atoms with Crippen molar-refractivity contribution >= 4 is 17.5 Å². The Morgan fingerprint density at radius 2 is 2.00 bits per heavy atom. The van der Waals surface area contributed by atoms with Gasteiger partial charge in [-0.3, -0.25) is 4.79 Å². The van der Waals surface area contributed by atoms with Crippen LogP contribution in [0.4, 0.5) is 13.2 Å². The molecule has 88 valence electrons. The van der Waals surface area contributed by atoms with Crippen molar-refractivity contribution in [3.05, 3.63) is 29.1 Å². The average Bonchev–Trinajstić information content (AvgIpc) is 2.28. The van der Waals surface area contributed by atoms with Crippen LogP contribution < -0.4 is 5.32 Å². The van der Waals surface area contributed by atoms with E-state index >= 15 is 0 Å². The number of rotatable bonds is 3. The van der Waals surface area contributed by atoms with Gasteiger partial charge >= 0.3 is 0 Å². The van der Waals surface area contributed by atoms with E-state index in [0.717, 1.165) is 0 Å². The predicted molar refractivity (Wildman–Crippen MR) is 51.0 cm³/mol. The van der Waals surface area contributed by atoms with Crippen molar-refractivity contribution in [2.45, 2.75) is 0 Å². The normalized spacial score (nSPS) is 10.2. The lowest BCUT2D eigenvalue weighted by atomic mass is 10.1. The maximum atomic E-state index is 13.2. The van der Waals surface area contributed by atoms with E-state index in [0.29, 0.717) is 6.07 Å². The Balaban J connectivity index is 3.10. The SMILES string of the molecule is O=C(NCCCl)c1cc(F)c(F)c(O)c1F. The quantitative estimate of drug-likeness (QED) is 0.637. The van der Waals surface area contributed by atoms with Crippen LogP contribution in [0.1, 0.15) is 10.4 Å². The summed E-state index contributed by atoms with van der Waals surface area (Å²) in [6, 6.07) is 0.369. The zero-order chi connectivity index (χ0) is 12.3. The van der Waals surface area contributed by atoms with E-state index in [1.807, 2.05) is 0 Å². The number of hydrogen-bond acceptors (Lipinski definition) is 2. The Kier molecular flexibility index (Phi) is 4.00. The van der Waals surface area contributed by atoms with Crippen molar-refractivity contribution in [2.75, 3.05) is 12.4 Å². The molecule has 0 saturated heterocycles. The first-order valence-electron chi connectivity index (χ1n) is 4.19. The Morgan fingerprint density at radius 1 is 1.38 bits per heavy atom. The first-order valence-corrected chi connectivity index (χ1v) is 4.73. The molecule has 1 aromatic rings. The standard InChI is InChI=1S/C9H7ClF3NO2/c10-1-2-14-9(16)4-3-5(11)7(13)8(15)6(4)12/h3,15H,1-2H2,(H,14,16). The Labute approximate surface area is 93.8 Å². The Hall–Kier alpha value is -1.43. The molecule has 0 aromatic heterocycles. The topological polar surface area (TPSA) is 49.3 Å². The van der Waals surface area contributed by atoms with E-state index < -0.39 is 34.7 Å². The second-order valence-electron chi connectivity index (χ2n) is 2.83. The van der Waals surface area contributed by atoms with Gasteiger partial charge in [0.2, 0.25) is 5.82 Å². The highest BCUT2D eigenvalue weighted by Crippen LogP contribution is 2.25. The minimum atomic E-state index is -1.73. The van der Waals surface area contributed by atoms with Crippen molar-refractivity contribution in [3.8, 4) is 5.75 Å². The van der Waals surface area contributed by atoms with Gasteiger partial charge in [0.05, 0.1) is 5.56 Å². The molecular weight excluding hydrogens is 247 g/mol. The van der Waals surface area contributed by atoms with Crippen molar-refractivity contribution < 1.29 is 23.1 Å². The van der Waals surface area contributed by atoms with Crippen molar-refractivity contribution in [1.29, 1.82) is 0 Å². The van der Waals surface area contributed by atoms with Gasteiger partial charge < -0.3 is 10.4 Å². The first kappa shape index (κ1) is 12.6. The highest BCUT2D eigenvalue weighted by Gasteiger charge is 2.21. The van der Waals surface area contributed by atoms with E-state index in [9.17, 15) is 18.0 Å². The fourth-order valence-corrected chi connectivity index (χ4v) is 1.11. The van der Waals surface area contributed by atoms with E-state index in [1.165, 1.54) is 0 Å². The summed E-state index contributed by atoms with van der Waals surface area (Å²) < 4.78 is 38.6. The molecule has 0 bridgehead atoms. The highest BCUT2D eigenvalue weighted by atomic mass is 35.5. The molecule has 0 atom stereocenters. The summed E-state index contributed by atoms with van der Waals surface area (Å²) in [5, 5.41) is 11.0. The average molecular weight is 254 g/mol. The summed E-state index contributed by atoms with van der Waals surface area (Å²) in [6.45, 7) is 0.0413. The molecule has 0 saturated carbocycles. The lowest BCUT2D eigenvalue weighted by molar-refractivity contribution is 0.0950. The number of benzene rings is 1. The van der Waals surface area contributed by atoms with E-state index in [2.05, 4.69) is 5.32 Å². The molecule has 0 fully saturated rings. The minimum absolute atomic E-state index is 0.0413. The lowest BCUT2D eigenvalue weighted by Crippen LogP contribution is -2.26. The predicted octanol–water partition coefficient (Wildman–Crippen LogP) is 1.78. The zero-order valence-corrected chi connectivity index (χ0v) is 8.61. The number of hydrogen-bond donors (Lipinski definition) is 2. The molecule has 3 nitrogen and oxygen atoms in total. The first-order chi connectivity index (χ1) is 7.49. The monoisotopic (exact) mass is 253 g/mol. The molecule has 0 unspecified atom stereocenters. The second-order valence-corrected chi connectivity index (χ2v) is 3.21. The van der Waals surface area contributed by atoms with Gasteiger partial charge in [0.25, 0.3) is 5.91 Å². The molecule has 2 N–H and O–H groups in total. The van der Waals surface area contributed by atoms with Crippen LogP contribution in [0.2, 0.25) is 0 Å². The number of amides is 1. The van der Waals surface area contributed by atoms with Crippen LogP contribution in [0.5, 0.6) is 5.75 Å². The fourth-order valence-electron chi connectivity index (χ4n) is 1.01. The van der Waals surface area contributed by atoms with Crippen LogP contribution in [-0.2, 0) is 0 Å². The molecular formula is C9H7ClF3NO2. The number of aromatic hydroxyl groups is 1. The number of phenolic OH excluding ortho intramolecular Hbond substituents is 1. The van der Waals surface area contributed by atoms with Gasteiger partial charge in [-0.1, -0.05) is 0 Å². The number of halogens is 4. The summed E-state index contributed by atoms with van der Waals surface area (Å²) in [7, 11) is 0. The minimum Gasteiger partial charge on any atom is -0.503 e. The van der Waals surface area contributed by atoms with Crippen LogP contribution in [0.25, 0.3) is 0 Å². The van der Waals surface area contributed by atoms with E-state index in [4.69, 9.17) is 16.7 Å². The molecule has 0 aliphatic rings. The van der Waals surface area contributed by atoms with Gasteiger partial charge in [-0.15, -0.1) is 11.6 Å². The molecule has 16 heavy (non-hydrogen) atoms. The maximum absolute atomic E-state index is 13.2. The number of carbonyl (C=O) groups is 1. The zero-order valence-electron chi connectivity index (χ0n) is 7.86. The second kappa shape index (κ2) is 5.07. The summed E-state index contributed by atoms with van der Waals surface area (Å²) in [5.74, 6) is -7.15. The summed E-state index contributed by atoms with van der Waals surface area (Å²) in [5.41, 5.74) is -0.776. The van der Waals surface area contributed by atoms with Gasteiger partial charge in [0.1, 0.15) is 0 Å². The molecule has 0 spiro atoms. The molecule has 0 aliphatic carbocycles. The van der Waals surface area contributed by atoms with E-state index in [1.54, 1.807) is 0 Å². The van der Waals surface area contributed by atoms with Crippen LogP contribution in [0, 0.1) is 17.5 Å². The van der Waals surface area contributed by atoms with E-state index in [-0.39, 0.29) is 12.4 Å². The maximum Gasteiger partial charge on any atom is 0.254 e. The van der Waals surface area contributed by atoms with Gasteiger partial charge in [0, 0.05) is 12.4 Å². The number of alkyl halides is 1. The highest BCUT2D eigenvalue weighted by molar-refractivity contribution is 6.18. The molecule has 0 aliphatic heterocycles. The largest absolute Gasteiger partial charge is 0.503 e. The summed E-state index contributed by atoms with van der Waals surface area (Å²) in [4.78, 5) is 11.2. The van der Waals surface area contributed by atoms with Crippen LogP contribution in [0.3, 0.4) is 0 Å². The Bertz CT molecular complexity index is 426. The number of carbonyl (C=O) groups excluding carboxylic acids is 1. The van der Waals surface area contributed by atoms with Crippen molar-refractivity contribution in [1.82, 2.24) is 5.32 Å². The number of nitrogens with one attached hydrogen (secondary N) is 1. The summed E-state index contributed by atoms with van der Waals surface area (Å²) in [6.07, 6.45) is 0. The molecule has 7 heteroatoms. The summed E-state index contributed by atoms with van der Waals surface area (Å²) >= 11 is 5.27. The fraction of sp³-hybridized carbons (Fsp3) is 0.222. The van der Waals surface area contributed by atoms with Gasteiger partial charge in [-0.2, -0.15) is 4.39 Å². The molecule has 1 amide bonds. The van der Waals surface area contributed by atoms with Crippen molar-refractivity contribution in [2.24, 2.45) is 0 Å².